The van der Waals surface area contributed by atoms with Gasteiger partial charge in [-0.15, -0.1) is 0 Å². The molecule has 0 aliphatic heterocycles. The van der Waals surface area contributed by atoms with Crippen molar-refractivity contribution in [3.8, 4) is 0 Å². The molecule has 20 heavy (non-hydrogen) atoms. The van der Waals surface area contributed by atoms with Crippen LogP contribution in [0.1, 0.15) is 5.56 Å². The minimum atomic E-state index is -1.18. The second kappa shape index (κ2) is 5.03. The predicted octanol–water partition coefficient (Wildman–Crippen LogP) is 0.771. The minimum Gasteiger partial charge on any atom is -0.289 e. The molecule has 104 valence electrons. The van der Waals surface area contributed by atoms with Crippen molar-refractivity contribution in [2.45, 2.75) is 6.54 Å². The fourth-order valence-corrected chi connectivity index (χ4v) is 1.60. The third-order valence-electron chi connectivity index (χ3n) is 2.58. The van der Waals surface area contributed by atoms with Crippen LogP contribution in [-0.4, -0.2) is 14.5 Å². The molecule has 0 amide bonds. The van der Waals surface area contributed by atoms with Crippen LogP contribution in [0.15, 0.2) is 34.0 Å². The Morgan fingerprint density at radius 3 is 2.40 bits per heavy atom. The maximum Gasteiger partial charge on any atom is 0.350 e. The number of rotatable bonds is 3. The molecule has 0 aliphatic rings. The zero-order valence-corrected chi connectivity index (χ0v) is 9.80. The van der Waals surface area contributed by atoms with Crippen LogP contribution >= 0.6 is 0 Å². The van der Waals surface area contributed by atoms with Crippen molar-refractivity contribution in [1.29, 1.82) is 0 Å². The molecule has 1 aromatic heterocycles. The SMILES string of the molecule is O=c1[nH]c(=O)n(Cc2c(F)cccc2F)cc1[N+](=O)[O-]. The summed E-state index contributed by atoms with van der Waals surface area (Å²) in [5.41, 5.74) is -3.49. The van der Waals surface area contributed by atoms with Crippen LogP contribution in [0.3, 0.4) is 0 Å². The molecule has 0 aliphatic carbocycles. The van der Waals surface area contributed by atoms with Crippen molar-refractivity contribution in [1.82, 2.24) is 9.55 Å². The summed E-state index contributed by atoms with van der Waals surface area (Å²) in [6.45, 7) is -0.574. The smallest absolute Gasteiger partial charge is 0.289 e. The molecule has 7 nitrogen and oxygen atoms in total. The Labute approximate surface area is 109 Å². The molecule has 1 N–H and O–H groups in total. The largest absolute Gasteiger partial charge is 0.350 e. The second-order valence-electron chi connectivity index (χ2n) is 3.86. The number of aromatic nitrogens is 2. The summed E-state index contributed by atoms with van der Waals surface area (Å²) in [5, 5.41) is 10.6. The van der Waals surface area contributed by atoms with E-state index in [9.17, 15) is 28.5 Å². The molecule has 0 saturated carbocycles. The van der Waals surface area contributed by atoms with Crippen LogP contribution in [0.25, 0.3) is 0 Å². The number of nitrogens with zero attached hydrogens (tertiary/aromatic N) is 2. The molecule has 0 spiro atoms. The van der Waals surface area contributed by atoms with Gasteiger partial charge in [0.05, 0.1) is 17.7 Å². The zero-order valence-electron chi connectivity index (χ0n) is 9.80. The highest BCUT2D eigenvalue weighted by Crippen LogP contribution is 2.13. The van der Waals surface area contributed by atoms with Crippen LogP contribution in [0.4, 0.5) is 14.5 Å². The number of nitro groups is 1. The van der Waals surface area contributed by atoms with Crippen molar-refractivity contribution in [3.63, 3.8) is 0 Å². The quantitative estimate of drug-likeness (QED) is 0.664. The molecule has 0 bridgehead atoms. The van der Waals surface area contributed by atoms with Gasteiger partial charge in [0.1, 0.15) is 11.6 Å². The summed E-state index contributed by atoms with van der Waals surface area (Å²) in [5.74, 6) is -1.79. The molecule has 1 aromatic carbocycles. The lowest BCUT2D eigenvalue weighted by atomic mass is 10.2. The van der Waals surface area contributed by atoms with Crippen molar-refractivity contribution in [3.05, 3.63) is 72.5 Å². The third-order valence-corrected chi connectivity index (χ3v) is 2.58. The van der Waals surface area contributed by atoms with Crippen molar-refractivity contribution < 1.29 is 13.7 Å². The van der Waals surface area contributed by atoms with Gasteiger partial charge in [-0.25, -0.2) is 13.6 Å². The van der Waals surface area contributed by atoms with Gasteiger partial charge in [-0.2, -0.15) is 0 Å². The van der Waals surface area contributed by atoms with Gasteiger partial charge in [-0.3, -0.25) is 24.5 Å². The number of halogens is 2. The van der Waals surface area contributed by atoms with E-state index in [-0.39, 0.29) is 0 Å². The van der Waals surface area contributed by atoms with Crippen LogP contribution in [-0.2, 0) is 6.54 Å². The van der Waals surface area contributed by atoms with E-state index < -0.39 is 45.6 Å². The highest BCUT2D eigenvalue weighted by atomic mass is 19.1. The van der Waals surface area contributed by atoms with Crippen molar-refractivity contribution in [2.75, 3.05) is 0 Å². The monoisotopic (exact) mass is 283 g/mol. The Morgan fingerprint density at radius 2 is 1.85 bits per heavy atom. The van der Waals surface area contributed by atoms with Crippen LogP contribution < -0.4 is 11.2 Å². The first-order valence-corrected chi connectivity index (χ1v) is 5.31. The van der Waals surface area contributed by atoms with E-state index in [1.54, 1.807) is 4.98 Å². The van der Waals surface area contributed by atoms with E-state index in [1.807, 2.05) is 0 Å². The summed E-state index contributed by atoms with van der Waals surface area (Å²) in [7, 11) is 0. The number of hydrogen-bond acceptors (Lipinski definition) is 4. The molecule has 0 fully saturated rings. The molecule has 2 rings (SSSR count). The standard InChI is InChI=1S/C11H7F2N3O4/c12-7-2-1-3-8(13)6(7)4-15-5-9(16(19)20)10(17)14-11(15)18/h1-3,5H,4H2,(H,14,17,18). The van der Waals surface area contributed by atoms with Gasteiger partial charge in [0.15, 0.2) is 0 Å². The normalized spacial score (nSPS) is 10.5. The first-order chi connectivity index (χ1) is 9.40. The minimum absolute atomic E-state index is 0.434. The van der Waals surface area contributed by atoms with Gasteiger partial charge in [-0.05, 0) is 12.1 Å². The van der Waals surface area contributed by atoms with Gasteiger partial charge in [-0.1, -0.05) is 6.07 Å². The number of aromatic amines is 1. The fourth-order valence-electron chi connectivity index (χ4n) is 1.60. The second-order valence-corrected chi connectivity index (χ2v) is 3.86. The van der Waals surface area contributed by atoms with E-state index in [0.29, 0.717) is 10.8 Å². The highest BCUT2D eigenvalue weighted by Gasteiger charge is 2.17. The van der Waals surface area contributed by atoms with E-state index in [0.717, 1.165) is 18.2 Å². The maximum absolute atomic E-state index is 13.4. The lowest BCUT2D eigenvalue weighted by Crippen LogP contribution is -2.31. The Bertz CT molecular complexity index is 777. The van der Waals surface area contributed by atoms with E-state index in [2.05, 4.69) is 0 Å². The first kappa shape index (κ1) is 13.6. The van der Waals surface area contributed by atoms with E-state index in [4.69, 9.17) is 0 Å². The summed E-state index contributed by atoms with van der Waals surface area (Å²) >= 11 is 0. The summed E-state index contributed by atoms with van der Waals surface area (Å²) in [6.07, 6.45) is 0.646. The molecule has 0 radical (unpaired) electrons. The average Bonchev–Trinajstić information content (AvgIpc) is 2.35. The Balaban J connectivity index is 2.55. The number of H-pyrrole nitrogens is 1. The van der Waals surface area contributed by atoms with E-state index >= 15 is 0 Å². The molecular weight excluding hydrogens is 276 g/mol. The zero-order chi connectivity index (χ0) is 14.9. The lowest BCUT2D eigenvalue weighted by molar-refractivity contribution is -0.386. The summed E-state index contributed by atoms with van der Waals surface area (Å²) in [6, 6.07) is 3.12. The number of benzene rings is 1. The summed E-state index contributed by atoms with van der Waals surface area (Å²) < 4.78 is 27.5. The number of hydrogen-bond donors (Lipinski definition) is 1. The van der Waals surface area contributed by atoms with Crippen LogP contribution in [0.5, 0.6) is 0 Å². The third kappa shape index (κ3) is 2.46. The Morgan fingerprint density at radius 1 is 1.25 bits per heavy atom. The van der Waals surface area contributed by atoms with Crippen molar-refractivity contribution >= 4 is 5.69 Å². The van der Waals surface area contributed by atoms with Gasteiger partial charge in [0, 0.05) is 5.56 Å². The van der Waals surface area contributed by atoms with E-state index in [1.165, 1.54) is 0 Å². The Kier molecular flexibility index (Phi) is 3.42. The molecule has 0 atom stereocenters. The molecule has 0 unspecified atom stereocenters. The topological polar surface area (TPSA) is 98.0 Å². The van der Waals surface area contributed by atoms with Gasteiger partial charge in [0.25, 0.3) is 0 Å². The lowest BCUT2D eigenvalue weighted by Gasteiger charge is -2.07. The van der Waals surface area contributed by atoms with Gasteiger partial charge in [0.2, 0.25) is 0 Å². The van der Waals surface area contributed by atoms with Gasteiger partial charge < -0.3 is 0 Å². The van der Waals surface area contributed by atoms with Crippen molar-refractivity contribution in [2.24, 2.45) is 0 Å². The summed E-state index contributed by atoms with van der Waals surface area (Å²) in [4.78, 5) is 34.0. The Hall–Kier alpha value is -2.84. The molecule has 0 saturated heterocycles. The number of nitrogens with one attached hydrogen (secondary N) is 1. The molecule has 1 heterocycles. The first-order valence-electron chi connectivity index (χ1n) is 5.31. The fraction of sp³-hybridized carbons (Fsp3) is 0.0909. The highest BCUT2D eigenvalue weighted by molar-refractivity contribution is 5.23. The van der Waals surface area contributed by atoms with Gasteiger partial charge >= 0.3 is 16.9 Å². The molecular formula is C11H7F2N3O4. The van der Waals surface area contributed by atoms with Crippen LogP contribution in [0.2, 0.25) is 0 Å². The molecule has 9 heteroatoms. The predicted molar refractivity (Wildman–Crippen MR) is 63.4 cm³/mol. The average molecular weight is 283 g/mol. The molecule has 2 aromatic rings. The van der Waals surface area contributed by atoms with Crippen LogP contribution in [0, 0.1) is 21.7 Å². The maximum atomic E-state index is 13.4.